The molecule has 0 saturated carbocycles. The molecular weight excluding hydrogens is 359 g/mol. The molecule has 1 aliphatic heterocycles. The Morgan fingerprint density at radius 1 is 1.23 bits per heavy atom. The first-order valence-corrected chi connectivity index (χ1v) is 9.37. The third-order valence-electron chi connectivity index (χ3n) is 3.85. The third-order valence-corrected chi connectivity index (χ3v) is 5.21. The van der Waals surface area contributed by atoms with Gasteiger partial charge in [0.25, 0.3) is 10.0 Å². The topological polar surface area (TPSA) is 83.0 Å². The van der Waals surface area contributed by atoms with Gasteiger partial charge in [-0.15, -0.1) is 0 Å². The summed E-state index contributed by atoms with van der Waals surface area (Å²) in [6.07, 6.45) is 0. The van der Waals surface area contributed by atoms with E-state index in [0.717, 1.165) is 0 Å². The van der Waals surface area contributed by atoms with Crippen molar-refractivity contribution < 1.29 is 17.5 Å². The number of methoxy groups -OCH3 is 1. The number of hydrogen-bond donors (Lipinski definition) is 2. The molecule has 1 heterocycles. The molecule has 1 aliphatic rings. The van der Waals surface area contributed by atoms with Gasteiger partial charge in [-0.05, 0) is 30.3 Å². The average molecular weight is 378 g/mol. The lowest BCUT2D eigenvalue weighted by molar-refractivity contribution is 0.252. The molecule has 7 nitrogen and oxygen atoms in total. The molecule has 0 bridgehead atoms. The number of benzene rings is 2. The van der Waals surface area contributed by atoms with Crippen molar-refractivity contribution in [2.45, 2.75) is 11.4 Å². The van der Waals surface area contributed by atoms with Crippen molar-refractivity contribution in [2.24, 2.45) is 4.99 Å². The summed E-state index contributed by atoms with van der Waals surface area (Å²) >= 11 is 0. The Hall–Kier alpha value is -2.65. The lowest BCUT2D eigenvalue weighted by Gasteiger charge is -2.27. The summed E-state index contributed by atoms with van der Waals surface area (Å²) in [6, 6.07) is 12.6. The number of sulfonamides is 1. The second-order valence-corrected chi connectivity index (χ2v) is 7.37. The standard InChI is InChI=1S/C17H19FN4O3S/c1-25-14-6-8-15(9-7-14)26(23,24)21-17-19-11-22(12-20-17)10-13-4-2-3-5-16(13)18/h2-9H,10-12H2,1H3,(H2,19,20,21). The highest BCUT2D eigenvalue weighted by Gasteiger charge is 2.20. The summed E-state index contributed by atoms with van der Waals surface area (Å²) in [4.78, 5) is 6.13. The fourth-order valence-electron chi connectivity index (χ4n) is 2.45. The fraction of sp³-hybridized carbons (Fsp3) is 0.235. The van der Waals surface area contributed by atoms with Crippen molar-refractivity contribution in [2.75, 3.05) is 20.4 Å². The minimum atomic E-state index is -3.75. The van der Waals surface area contributed by atoms with Gasteiger partial charge in [0.05, 0.1) is 25.3 Å². The average Bonchev–Trinajstić information content (AvgIpc) is 2.65. The number of ether oxygens (including phenoxy) is 1. The van der Waals surface area contributed by atoms with E-state index in [1.807, 2.05) is 4.90 Å². The van der Waals surface area contributed by atoms with E-state index < -0.39 is 10.0 Å². The maximum absolute atomic E-state index is 13.7. The van der Waals surface area contributed by atoms with Crippen LogP contribution in [-0.2, 0) is 16.6 Å². The summed E-state index contributed by atoms with van der Waals surface area (Å²) < 4.78 is 45.9. The van der Waals surface area contributed by atoms with E-state index in [-0.39, 0.29) is 23.3 Å². The first kappa shape index (κ1) is 18.2. The minimum absolute atomic E-state index is 0.108. The van der Waals surface area contributed by atoms with Gasteiger partial charge in [-0.1, -0.05) is 18.2 Å². The highest BCUT2D eigenvalue weighted by Crippen LogP contribution is 2.15. The summed E-state index contributed by atoms with van der Waals surface area (Å²) in [5, 5.41) is 2.90. The van der Waals surface area contributed by atoms with Gasteiger partial charge in [-0.2, -0.15) is 0 Å². The predicted octanol–water partition coefficient (Wildman–Crippen LogP) is 1.49. The van der Waals surface area contributed by atoms with Crippen molar-refractivity contribution in [1.82, 2.24) is 14.9 Å². The molecule has 0 aromatic heterocycles. The van der Waals surface area contributed by atoms with E-state index in [4.69, 9.17) is 4.74 Å². The van der Waals surface area contributed by atoms with E-state index in [2.05, 4.69) is 15.0 Å². The summed E-state index contributed by atoms with van der Waals surface area (Å²) in [5.41, 5.74) is 0.562. The van der Waals surface area contributed by atoms with Crippen molar-refractivity contribution in [3.63, 3.8) is 0 Å². The second kappa shape index (κ2) is 7.71. The summed E-state index contributed by atoms with van der Waals surface area (Å²) in [7, 11) is -2.24. The van der Waals surface area contributed by atoms with E-state index in [1.54, 1.807) is 30.3 Å². The van der Waals surface area contributed by atoms with Gasteiger partial charge < -0.3 is 10.1 Å². The predicted molar refractivity (Wildman–Crippen MR) is 95.6 cm³/mol. The number of hydrogen-bond acceptors (Lipinski definition) is 6. The van der Waals surface area contributed by atoms with Crippen molar-refractivity contribution in [1.29, 1.82) is 0 Å². The fourth-order valence-corrected chi connectivity index (χ4v) is 3.45. The lowest BCUT2D eigenvalue weighted by Crippen LogP contribution is -2.49. The first-order valence-electron chi connectivity index (χ1n) is 7.89. The molecule has 0 unspecified atom stereocenters. The zero-order valence-corrected chi connectivity index (χ0v) is 15.0. The molecule has 0 saturated heterocycles. The van der Waals surface area contributed by atoms with Crippen molar-refractivity contribution in [3.8, 4) is 5.75 Å². The van der Waals surface area contributed by atoms with Gasteiger partial charge in [-0.25, -0.2) is 22.5 Å². The Bertz CT molecular complexity index is 900. The normalized spacial score (nSPS) is 15.1. The Kier molecular flexibility index (Phi) is 5.38. The first-order chi connectivity index (χ1) is 12.5. The van der Waals surface area contributed by atoms with Gasteiger partial charge >= 0.3 is 0 Å². The van der Waals surface area contributed by atoms with Crippen LogP contribution in [0.3, 0.4) is 0 Å². The highest BCUT2D eigenvalue weighted by molar-refractivity contribution is 7.90. The number of nitrogens with zero attached hydrogens (tertiary/aromatic N) is 2. The zero-order chi connectivity index (χ0) is 18.6. The molecule has 0 atom stereocenters. The maximum atomic E-state index is 13.7. The number of rotatable bonds is 5. The molecule has 2 aromatic carbocycles. The van der Waals surface area contributed by atoms with Crippen LogP contribution in [-0.4, -0.2) is 39.7 Å². The summed E-state index contributed by atoms with van der Waals surface area (Å²) in [6.45, 7) is 0.974. The number of aliphatic imine (C=N–C) groups is 1. The minimum Gasteiger partial charge on any atom is -0.497 e. The molecule has 0 amide bonds. The number of halogens is 1. The van der Waals surface area contributed by atoms with Crippen LogP contribution >= 0.6 is 0 Å². The number of nitrogens with one attached hydrogen (secondary N) is 2. The van der Waals surface area contributed by atoms with E-state index in [0.29, 0.717) is 24.5 Å². The molecule has 138 valence electrons. The highest BCUT2D eigenvalue weighted by atomic mass is 32.2. The number of guanidine groups is 1. The molecule has 9 heteroatoms. The van der Waals surface area contributed by atoms with Crippen LogP contribution in [0.25, 0.3) is 0 Å². The Labute approximate surface area is 151 Å². The Balaban J connectivity index is 1.62. The van der Waals surface area contributed by atoms with Gasteiger partial charge in [-0.3, -0.25) is 4.90 Å². The molecule has 0 spiro atoms. The Morgan fingerprint density at radius 3 is 2.58 bits per heavy atom. The molecule has 2 aromatic rings. The van der Waals surface area contributed by atoms with E-state index >= 15 is 0 Å². The van der Waals surface area contributed by atoms with E-state index in [1.165, 1.54) is 25.3 Å². The van der Waals surface area contributed by atoms with Crippen LogP contribution in [0.1, 0.15) is 5.56 Å². The SMILES string of the molecule is COc1ccc(S(=O)(=O)NC2=NCN(Cc3ccccc3F)CN2)cc1. The molecule has 0 fully saturated rings. The largest absolute Gasteiger partial charge is 0.497 e. The third kappa shape index (κ3) is 4.30. The monoisotopic (exact) mass is 378 g/mol. The molecule has 26 heavy (non-hydrogen) atoms. The van der Waals surface area contributed by atoms with Crippen LogP contribution in [0.15, 0.2) is 58.4 Å². The van der Waals surface area contributed by atoms with Gasteiger partial charge in [0.1, 0.15) is 11.6 Å². The second-order valence-electron chi connectivity index (χ2n) is 5.68. The van der Waals surface area contributed by atoms with Gasteiger partial charge in [0.15, 0.2) is 0 Å². The summed E-state index contributed by atoms with van der Waals surface area (Å²) in [5.74, 6) is 0.453. The van der Waals surface area contributed by atoms with Crippen LogP contribution in [0.2, 0.25) is 0 Å². The van der Waals surface area contributed by atoms with Crippen LogP contribution in [0.5, 0.6) is 5.75 Å². The zero-order valence-electron chi connectivity index (χ0n) is 14.1. The molecule has 0 radical (unpaired) electrons. The van der Waals surface area contributed by atoms with Crippen molar-refractivity contribution >= 4 is 16.0 Å². The van der Waals surface area contributed by atoms with E-state index in [9.17, 15) is 12.8 Å². The molecule has 0 aliphatic carbocycles. The molecule has 3 rings (SSSR count). The van der Waals surface area contributed by atoms with Crippen molar-refractivity contribution in [3.05, 3.63) is 59.9 Å². The van der Waals surface area contributed by atoms with Gasteiger partial charge in [0, 0.05) is 12.1 Å². The van der Waals surface area contributed by atoms with Gasteiger partial charge in [0.2, 0.25) is 5.96 Å². The smallest absolute Gasteiger partial charge is 0.264 e. The van der Waals surface area contributed by atoms with Crippen LogP contribution in [0.4, 0.5) is 4.39 Å². The Morgan fingerprint density at radius 2 is 1.96 bits per heavy atom. The van der Waals surface area contributed by atoms with Crippen LogP contribution in [0, 0.1) is 5.82 Å². The maximum Gasteiger partial charge on any atom is 0.264 e. The lowest BCUT2D eigenvalue weighted by atomic mass is 10.2. The molecular formula is C17H19FN4O3S. The van der Waals surface area contributed by atoms with Crippen LogP contribution < -0.4 is 14.8 Å². The molecule has 2 N–H and O–H groups in total. The quantitative estimate of drug-likeness (QED) is 0.824.